The standard InChI is InChI=1S/C18H16ClN3O3/c1-2-25-18(24)15-14(10-6-7-10)16-17(23)20-13(9-22(16)21-15)11-4-3-5-12(19)8-11/h3-5,8-10H,2,6-7H2,1H3,(H,20,23). The number of H-pyrrole nitrogens is 1. The molecule has 1 N–H and O–H groups in total. The van der Waals surface area contributed by atoms with Crippen LogP contribution in [0.4, 0.5) is 0 Å². The van der Waals surface area contributed by atoms with Gasteiger partial charge in [0.2, 0.25) is 0 Å². The number of nitrogens with one attached hydrogen (secondary N) is 1. The summed E-state index contributed by atoms with van der Waals surface area (Å²) >= 11 is 6.03. The Morgan fingerprint density at radius 1 is 1.44 bits per heavy atom. The number of benzene rings is 1. The van der Waals surface area contributed by atoms with Crippen LogP contribution in [0, 0.1) is 0 Å². The van der Waals surface area contributed by atoms with Gasteiger partial charge in [-0.3, -0.25) is 4.79 Å². The summed E-state index contributed by atoms with van der Waals surface area (Å²) in [6.45, 7) is 2.01. The number of carbonyl (C=O) groups is 1. The maximum atomic E-state index is 12.7. The molecule has 1 aliphatic carbocycles. The number of fused-ring (bicyclic) bond motifs is 1. The van der Waals surface area contributed by atoms with Crippen LogP contribution < -0.4 is 5.56 Å². The average molecular weight is 358 g/mol. The molecule has 0 aliphatic heterocycles. The van der Waals surface area contributed by atoms with E-state index in [9.17, 15) is 9.59 Å². The molecular formula is C18H16ClN3O3. The van der Waals surface area contributed by atoms with Gasteiger partial charge in [0.25, 0.3) is 5.56 Å². The van der Waals surface area contributed by atoms with E-state index in [1.807, 2.05) is 12.1 Å². The molecule has 0 unspecified atom stereocenters. The molecule has 1 saturated carbocycles. The Hall–Kier alpha value is -2.60. The average Bonchev–Trinajstić information content (AvgIpc) is 3.34. The van der Waals surface area contributed by atoms with E-state index in [0.29, 0.717) is 21.8 Å². The van der Waals surface area contributed by atoms with Crippen molar-refractivity contribution >= 4 is 23.1 Å². The van der Waals surface area contributed by atoms with Crippen LogP contribution in [0.15, 0.2) is 35.3 Å². The summed E-state index contributed by atoms with van der Waals surface area (Å²) in [5, 5.41) is 4.92. The van der Waals surface area contributed by atoms with Crippen LogP contribution in [0.3, 0.4) is 0 Å². The van der Waals surface area contributed by atoms with Gasteiger partial charge in [0.05, 0.1) is 18.5 Å². The van der Waals surface area contributed by atoms with Crippen LogP contribution in [-0.2, 0) is 4.74 Å². The molecule has 1 aliphatic rings. The Morgan fingerprint density at radius 3 is 2.92 bits per heavy atom. The predicted octanol–water partition coefficient (Wildman–Crippen LogP) is 3.40. The monoisotopic (exact) mass is 357 g/mol. The minimum Gasteiger partial charge on any atom is -0.461 e. The van der Waals surface area contributed by atoms with Crippen molar-refractivity contribution in [3.8, 4) is 11.3 Å². The fourth-order valence-electron chi connectivity index (χ4n) is 3.01. The van der Waals surface area contributed by atoms with Gasteiger partial charge < -0.3 is 9.72 Å². The van der Waals surface area contributed by atoms with E-state index in [1.165, 1.54) is 4.52 Å². The number of carbonyl (C=O) groups excluding carboxylic acids is 1. The van der Waals surface area contributed by atoms with Crippen molar-refractivity contribution in [1.82, 2.24) is 14.6 Å². The fourth-order valence-corrected chi connectivity index (χ4v) is 3.20. The first-order chi connectivity index (χ1) is 12.1. The minimum absolute atomic E-state index is 0.190. The van der Waals surface area contributed by atoms with E-state index in [0.717, 1.165) is 18.4 Å². The molecule has 1 aromatic carbocycles. The van der Waals surface area contributed by atoms with Gasteiger partial charge in [-0.2, -0.15) is 5.10 Å². The third kappa shape index (κ3) is 2.82. The predicted molar refractivity (Wildman–Crippen MR) is 94.2 cm³/mol. The number of hydrogen-bond donors (Lipinski definition) is 1. The van der Waals surface area contributed by atoms with E-state index < -0.39 is 5.97 Å². The molecule has 0 saturated heterocycles. The number of hydrogen-bond acceptors (Lipinski definition) is 4. The first kappa shape index (κ1) is 15.9. The van der Waals surface area contributed by atoms with Gasteiger partial charge >= 0.3 is 5.97 Å². The molecule has 2 aromatic heterocycles. The topological polar surface area (TPSA) is 76.5 Å². The van der Waals surface area contributed by atoms with Crippen molar-refractivity contribution in [3.05, 3.63) is 57.1 Å². The molecule has 4 rings (SSSR count). The van der Waals surface area contributed by atoms with Gasteiger partial charge in [-0.25, -0.2) is 9.31 Å². The Balaban J connectivity index is 1.92. The molecule has 7 heteroatoms. The van der Waals surface area contributed by atoms with Gasteiger partial charge in [0, 0.05) is 16.1 Å². The number of esters is 1. The van der Waals surface area contributed by atoms with E-state index in [2.05, 4.69) is 10.1 Å². The zero-order valence-electron chi connectivity index (χ0n) is 13.6. The van der Waals surface area contributed by atoms with Gasteiger partial charge in [0.1, 0.15) is 5.52 Å². The number of aromatic amines is 1. The van der Waals surface area contributed by atoms with Crippen LogP contribution in [0.5, 0.6) is 0 Å². The fraction of sp³-hybridized carbons (Fsp3) is 0.278. The van der Waals surface area contributed by atoms with Crippen molar-refractivity contribution < 1.29 is 9.53 Å². The first-order valence-electron chi connectivity index (χ1n) is 8.17. The lowest BCUT2D eigenvalue weighted by Crippen LogP contribution is -2.12. The molecule has 0 amide bonds. The van der Waals surface area contributed by atoms with Gasteiger partial charge in [-0.05, 0) is 37.8 Å². The SMILES string of the molecule is CCOC(=O)c1nn2cc(-c3cccc(Cl)c3)[nH]c(=O)c2c1C1CC1. The molecule has 25 heavy (non-hydrogen) atoms. The lowest BCUT2D eigenvalue weighted by atomic mass is 10.1. The molecule has 1 fully saturated rings. The smallest absolute Gasteiger partial charge is 0.359 e. The maximum Gasteiger partial charge on any atom is 0.359 e. The molecule has 0 radical (unpaired) electrons. The van der Waals surface area contributed by atoms with E-state index in [4.69, 9.17) is 16.3 Å². The zero-order valence-corrected chi connectivity index (χ0v) is 14.3. The Bertz CT molecular complexity index is 1030. The van der Waals surface area contributed by atoms with E-state index in [-0.39, 0.29) is 23.8 Å². The zero-order chi connectivity index (χ0) is 17.6. The summed E-state index contributed by atoms with van der Waals surface area (Å²) in [4.78, 5) is 27.8. The minimum atomic E-state index is -0.489. The summed E-state index contributed by atoms with van der Waals surface area (Å²) in [7, 11) is 0. The molecule has 3 aromatic rings. The lowest BCUT2D eigenvalue weighted by molar-refractivity contribution is 0.0517. The van der Waals surface area contributed by atoms with Crippen molar-refractivity contribution in [2.24, 2.45) is 0 Å². The third-order valence-corrected chi connectivity index (χ3v) is 4.49. The molecule has 0 bridgehead atoms. The third-order valence-electron chi connectivity index (χ3n) is 4.25. The first-order valence-corrected chi connectivity index (χ1v) is 8.55. The highest BCUT2D eigenvalue weighted by molar-refractivity contribution is 6.30. The molecule has 6 nitrogen and oxygen atoms in total. The second-order valence-corrected chi connectivity index (χ2v) is 6.49. The van der Waals surface area contributed by atoms with Crippen LogP contribution >= 0.6 is 11.6 Å². The van der Waals surface area contributed by atoms with Gasteiger partial charge in [-0.1, -0.05) is 23.7 Å². The van der Waals surface area contributed by atoms with Crippen molar-refractivity contribution in [2.75, 3.05) is 6.61 Å². The highest BCUT2D eigenvalue weighted by Gasteiger charge is 2.34. The van der Waals surface area contributed by atoms with E-state index >= 15 is 0 Å². The van der Waals surface area contributed by atoms with Crippen LogP contribution in [0.25, 0.3) is 16.8 Å². The Morgan fingerprint density at radius 2 is 2.24 bits per heavy atom. The molecule has 0 spiro atoms. The normalized spacial score (nSPS) is 14.0. The number of nitrogens with zero attached hydrogens (tertiary/aromatic N) is 2. The summed E-state index contributed by atoms with van der Waals surface area (Å²) < 4.78 is 6.58. The van der Waals surface area contributed by atoms with Crippen LogP contribution in [0.2, 0.25) is 5.02 Å². The van der Waals surface area contributed by atoms with Gasteiger partial charge in [-0.15, -0.1) is 0 Å². The second kappa shape index (κ2) is 6.04. The summed E-state index contributed by atoms with van der Waals surface area (Å²) in [6, 6.07) is 7.18. The molecular weight excluding hydrogens is 342 g/mol. The van der Waals surface area contributed by atoms with Gasteiger partial charge in [0.15, 0.2) is 5.69 Å². The second-order valence-electron chi connectivity index (χ2n) is 6.06. The highest BCUT2D eigenvalue weighted by atomic mass is 35.5. The quantitative estimate of drug-likeness (QED) is 0.726. The number of ether oxygens (including phenoxy) is 1. The summed E-state index contributed by atoms with van der Waals surface area (Å²) in [6.07, 6.45) is 3.60. The Labute approximate surface area is 148 Å². The number of halogens is 1. The highest BCUT2D eigenvalue weighted by Crippen LogP contribution is 2.43. The van der Waals surface area contributed by atoms with Crippen LogP contribution in [-0.4, -0.2) is 27.2 Å². The largest absolute Gasteiger partial charge is 0.461 e. The van der Waals surface area contributed by atoms with E-state index in [1.54, 1.807) is 25.3 Å². The number of aromatic nitrogens is 3. The Kier molecular flexibility index (Phi) is 3.84. The lowest BCUT2D eigenvalue weighted by Gasteiger charge is -2.04. The summed E-state index contributed by atoms with van der Waals surface area (Å²) in [5.74, 6) is -0.299. The molecule has 2 heterocycles. The summed E-state index contributed by atoms with van der Waals surface area (Å²) in [5.41, 5.74) is 2.42. The maximum absolute atomic E-state index is 12.7. The van der Waals surface area contributed by atoms with Crippen LogP contribution in [0.1, 0.15) is 41.7 Å². The molecule has 128 valence electrons. The van der Waals surface area contributed by atoms with Crippen molar-refractivity contribution in [1.29, 1.82) is 0 Å². The number of rotatable bonds is 4. The van der Waals surface area contributed by atoms with Crippen molar-refractivity contribution in [3.63, 3.8) is 0 Å². The van der Waals surface area contributed by atoms with Crippen molar-refractivity contribution in [2.45, 2.75) is 25.7 Å². The molecule has 0 atom stereocenters.